The molecule has 0 saturated carbocycles. The standard InChI is InChI=1S/C17H19N3O3/c1-10(2)23-13-6-5-11(3)14(7-13)20-9-12(8-18)15(19)16(20)17(21)22-4/h5-7,9-10H,19H2,1-4H3. The van der Waals surface area contributed by atoms with Gasteiger partial charge in [0, 0.05) is 12.3 Å². The summed E-state index contributed by atoms with van der Waals surface area (Å²) in [5.74, 6) is 0.0702. The second-order valence-corrected chi connectivity index (χ2v) is 5.39. The molecule has 0 radical (unpaired) electrons. The van der Waals surface area contributed by atoms with Crippen LogP contribution < -0.4 is 10.5 Å². The Morgan fingerprint density at radius 2 is 2.09 bits per heavy atom. The SMILES string of the molecule is COC(=O)c1c(N)c(C#N)cn1-c1cc(OC(C)C)ccc1C. The lowest BCUT2D eigenvalue weighted by Crippen LogP contribution is -2.12. The summed E-state index contributed by atoms with van der Waals surface area (Å²) in [5, 5.41) is 9.18. The van der Waals surface area contributed by atoms with E-state index >= 15 is 0 Å². The molecule has 0 saturated heterocycles. The number of benzene rings is 1. The summed E-state index contributed by atoms with van der Waals surface area (Å²) in [4.78, 5) is 12.1. The molecule has 2 N–H and O–H groups in total. The highest BCUT2D eigenvalue weighted by atomic mass is 16.5. The number of methoxy groups -OCH3 is 1. The quantitative estimate of drug-likeness (QED) is 0.876. The maximum absolute atomic E-state index is 12.1. The van der Waals surface area contributed by atoms with Crippen molar-refractivity contribution in [1.29, 1.82) is 5.26 Å². The summed E-state index contributed by atoms with van der Waals surface area (Å²) in [5.41, 5.74) is 8.00. The molecular weight excluding hydrogens is 294 g/mol. The predicted octanol–water partition coefficient (Wildman–Crippen LogP) is 2.81. The summed E-state index contributed by atoms with van der Waals surface area (Å²) in [6.45, 7) is 5.76. The molecule has 0 bridgehead atoms. The third-order valence-corrected chi connectivity index (χ3v) is 3.36. The Labute approximate surface area is 135 Å². The largest absolute Gasteiger partial charge is 0.491 e. The van der Waals surface area contributed by atoms with Crippen LogP contribution in [0.5, 0.6) is 5.75 Å². The van der Waals surface area contributed by atoms with Gasteiger partial charge in [-0.2, -0.15) is 5.26 Å². The number of nitrogens with two attached hydrogens (primary N) is 1. The number of nitriles is 1. The minimum Gasteiger partial charge on any atom is -0.491 e. The lowest BCUT2D eigenvalue weighted by molar-refractivity contribution is 0.0593. The Bertz CT molecular complexity index is 785. The lowest BCUT2D eigenvalue weighted by Gasteiger charge is -2.15. The van der Waals surface area contributed by atoms with E-state index in [1.54, 1.807) is 4.57 Å². The molecule has 1 aromatic carbocycles. The number of carbonyl (C=O) groups excluding carboxylic acids is 1. The minimum atomic E-state index is -0.599. The van der Waals surface area contributed by atoms with Crippen molar-refractivity contribution in [3.63, 3.8) is 0 Å². The van der Waals surface area contributed by atoms with Crippen LogP contribution in [-0.4, -0.2) is 23.8 Å². The zero-order valence-electron chi connectivity index (χ0n) is 13.6. The van der Waals surface area contributed by atoms with E-state index in [0.29, 0.717) is 11.4 Å². The highest BCUT2D eigenvalue weighted by Crippen LogP contribution is 2.29. The van der Waals surface area contributed by atoms with Gasteiger partial charge in [0.05, 0.1) is 30.2 Å². The average molecular weight is 313 g/mol. The van der Waals surface area contributed by atoms with Crippen LogP contribution in [0.3, 0.4) is 0 Å². The number of nitrogens with zero attached hydrogens (tertiary/aromatic N) is 2. The van der Waals surface area contributed by atoms with Crippen molar-refractivity contribution in [3.05, 3.63) is 41.2 Å². The zero-order chi connectivity index (χ0) is 17.1. The van der Waals surface area contributed by atoms with Crippen LogP contribution >= 0.6 is 0 Å². The van der Waals surface area contributed by atoms with Gasteiger partial charge < -0.3 is 19.8 Å². The Balaban J connectivity index is 2.66. The molecule has 0 spiro atoms. The van der Waals surface area contributed by atoms with Crippen LogP contribution in [0.15, 0.2) is 24.4 Å². The molecule has 6 heteroatoms. The highest BCUT2D eigenvalue weighted by Gasteiger charge is 2.22. The van der Waals surface area contributed by atoms with E-state index in [9.17, 15) is 10.1 Å². The fourth-order valence-electron chi connectivity index (χ4n) is 2.30. The number of aromatic nitrogens is 1. The van der Waals surface area contributed by atoms with Gasteiger partial charge in [0.2, 0.25) is 0 Å². The van der Waals surface area contributed by atoms with Gasteiger partial charge >= 0.3 is 5.97 Å². The molecule has 0 aliphatic carbocycles. The monoisotopic (exact) mass is 313 g/mol. The molecule has 0 unspecified atom stereocenters. The first-order valence-electron chi connectivity index (χ1n) is 7.16. The van der Waals surface area contributed by atoms with Gasteiger partial charge in [0.15, 0.2) is 5.69 Å². The van der Waals surface area contributed by atoms with Gasteiger partial charge in [-0.25, -0.2) is 4.79 Å². The molecular formula is C17H19N3O3. The number of esters is 1. The summed E-state index contributed by atoms with van der Waals surface area (Å²) >= 11 is 0. The number of carbonyl (C=O) groups is 1. The van der Waals surface area contributed by atoms with Crippen molar-refractivity contribution >= 4 is 11.7 Å². The Morgan fingerprint density at radius 1 is 1.39 bits per heavy atom. The number of ether oxygens (including phenoxy) is 2. The Kier molecular flexibility index (Phi) is 4.60. The second-order valence-electron chi connectivity index (χ2n) is 5.39. The number of hydrogen-bond acceptors (Lipinski definition) is 5. The molecule has 1 aromatic heterocycles. The third kappa shape index (κ3) is 3.14. The molecule has 0 aliphatic rings. The number of nitrogen functional groups attached to an aromatic ring is 1. The molecule has 6 nitrogen and oxygen atoms in total. The fraction of sp³-hybridized carbons (Fsp3) is 0.294. The smallest absolute Gasteiger partial charge is 0.357 e. The van der Waals surface area contributed by atoms with Crippen molar-refractivity contribution in [3.8, 4) is 17.5 Å². The van der Waals surface area contributed by atoms with Crippen LogP contribution in [0.1, 0.15) is 35.5 Å². The van der Waals surface area contributed by atoms with E-state index in [4.69, 9.17) is 15.2 Å². The first kappa shape index (κ1) is 16.4. The van der Waals surface area contributed by atoms with E-state index < -0.39 is 5.97 Å². The van der Waals surface area contributed by atoms with E-state index in [1.165, 1.54) is 13.3 Å². The molecule has 23 heavy (non-hydrogen) atoms. The van der Waals surface area contributed by atoms with Crippen LogP contribution in [0, 0.1) is 18.3 Å². The minimum absolute atomic E-state index is 0.0232. The van der Waals surface area contributed by atoms with Gasteiger partial charge in [-0.3, -0.25) is 0 Å². The van der Waals surface area contributed by atoms with Crippen molar-refractivity contribution in [2.24, 2.45) is 0 Å². The highest BCUT2D eigenvalue weighted by molar-refractivity contribution is 5.96. The first-order chi connectivity index (χ1) is 10.9. The van der Waals surface area contributed by atoms with E-state index in [1.807, 2.05) is 45.0 Å². The predicted molar refractivity (Wildman–Crippen MR) is 86.7 cm³/mol. The van der Waals surface area contributed by atoms with E-state index in [0.717, 1.165) is 5.56 Å². The van der Waals surface area contributed by atoms with Crippen molar-refractivity contribution in [1.82, 2.24) is 4.57 Å². The normalized spacial score (nSPS) is 10.4. The first-order valence-corrected chi connectivity index (χ1v) is 7.16. The van der Waals surface area contributed by atoms with Crippen LogP contribution in [0.4, 0.5) is 5.69 Å². The van der Waals surface area contributed by atoms with Gasteiger partial charge in [0.25, 0.3) is 0 Å². The molecule has 0 atom stereocenters. The summed E-state index contributed by atoms with van der Waals surface area (Å²) < 4.78 is 12.1. The molecule has 0 amide bonds. The lowest BCUT2D eigenvalue weighted by atomic mass is 10.2. The molecule has 0 fully saturated rings. The van der Waals surface area contributed by atoms with Crippen LogP contribution in [-0.2, 0) is 4.74 Å². The average Bonchev–Trinajstić information content (AvgIpc) is 2.84. The maximum Gasteiger partial charge on any atom is 0.357 e. The van der Waals surface area contributed by atoms with Gasteiger partial charge in [-0.05, 0) is 32.4 Å². The Morgan fingerprint density at radius 3 is 2.65 bits per heavy atom. The maximum atomic E-state index is 12.1. The number of rotatable bonds is 4. The van der Waals surface area contributed by atoms with Gasteiger partial charge in [-0.15, -0.1) is 0 Å². The van der Waals surface area contributed by atoms with Crippen molar-refractivity contribution < 1.29 is 14.3 Å². The molecule has 1 heterocycles. The van der Waals surface area contributed by atoms with Crippen LogP contribution in [0.25, 0.3) is 5.69 Å². The molecule has 2 rings (SSSR count). The molecule has 2 aromatic rings. The number of anilines is 1. The van der Waals surface area contributed by atoms with E-state index in [2.05, 4.69) is 0 Å². The third-order valence-electron chi connectivity index (χ3n) is 3.36. The topological polar surface area (TPSA) is 90.3 Å². The van der Waals surface area contributed by atoms with E-state index in [-0.39, 0.29) is 23.0 Å². The Hall–Kier alpha value is -2.94. The second kappa shape index (κ2) is 6.44. The van der Waals surface area contributed by atoms with Gasteiger partial charge in [0.1, 0.15) is 11.8 Å². The number of aryl methyl sites for hydroxylation is 1. The van der Waals surface area contributed by atoms with Crippen molar-refractivity contribution in [2.75, 3.05) is 12.8 Å². The number of hydrogen-bond donors (Lipinski definition) is 1. The molecule has 0 aliphatic heterocycles. The summed E-state index contributed by atoms with van der Waals surface area (Å²) in [6.07, 6.45) is 1.55. The summed E-state index contributed by atoms with van der Waals surface area (Å²) in [6, 6.07) is 7.54. The fourth-order valence-corrected chi connectivity index (χ4v) is 2.30. The molecule has 120 valence electrons. The van der Waals surface area contributed by atoms with Gasteiger partial charge in [-0.1, -0.05) is 6.07 Å². The zero-order valence-corrected chi connectivity index (χ0v) is 13.6. The van der Waals surface area contributed by atoms with Crippen molar-refractivity contribution in [2.45, 2.75) is 26.9 Å². The van der Waals surface area contributed by atoms with Crippen LogP contribution in [0.2, 0.25) is 0 Å². The summed E-state index contributed by atoms with van der Waals surface area (Å²) in [7, 11) is 1.27.